The van der Waals surface area contributed by atoms with Crippen LogP contribution in [0.4, 0.5) is 0 Å². The smallest absolute Gasteiger partial charge is 0.223 e. The lowest BCUT2D eigenvalue weighted by atomic mass is 9.46. The summed E-state index contributed by atoms with van der Waals surface area (Å²) >= 11 is 0. The van der Waals surface area contributed by atoms with Gasteiger partial charge in [-0.2, -0.15) is 0 Å². The van der Waals surface area contributed by atoms with E-state index in [0.29, 0.717) is 17.1 Å². The van der Waals surface area contributed by atoms with Gasteiger partial charge in [0.25, 0.3) is 0 Å². The Hall–Kier alpha value is -1.12. The lowest BCUT2D eigenvalue weighted by Gasteiger charge is -2.58. The van der Waals surface area contributed by atoms with E-state index in [1.54, 1.807) is 0 Å². The molecule has 4 aliphatic carbocycles. The lowest BCUT2D eigenvalue weighted by molar-refractivity contribution is -0.128. The maximum atomic E-state index is 12.0. The molecule has 6 atom stereocenters. The molecular formula is C24H37NO2. The molecule has 0 aliphatic heterocycles. The van der Waals surface area contributed by atoms with Crippen molar-refractivity contribution in [3.8, 4) is 0 Å². The summed E-state index contributed by atoms with van der Waals surface area (Å²) in [7, 11) is 0. The van der Waals surface area contributed by atoms with Crippen LogP contribution >= 0.6 is 0 Å². The molecule has 0 saturated heterocycles. The SMILES string of the molecule is CC(C)(C[C@H]1CC[C@H]2[C@@H]3CCC4=CC(=O)CC[C@]4(C)[C@H]3CC[C@]12C)C(N)=O. The monoisotopic (exact) mass is 371 g/mol. The molecule has 0 radical (unpaired) electrons. The van der Waals surface area contributed by atoms with Crippen LogP contribution in [0.5, 0.6) is 0 Å². The molecule has 0 aromatic heterocycles. The highest BCUT2D eigenvalue weighted by Crippen LogP contribution is 2.67. The predicted octanol–water partition coefficient (Wildman–Crippen LogP) is 5.04. The first-order valence-electron chi connectivity index (χ1n) is 11.1. The van der Waals surface area contributed by atoms with E-state index in [2.05, 4.69) is 13.8 Å². The molecule has 3 saturated carbocycles. The number of carbonyl (C=O) groups is 2. The van der Waals surface area contributed by atoms with Gasteiger partial charge in [0.1, 0.15) is 0 Å². The van der Waals surface area contributed by atoms with Crippen molar-refractivity contribution in [1.82, 2.24) is 0 Å². The van der Waals surface area contributed by atoms with Crippen molar-refractivity contribution in [1.29, 1.82) is 0 Å². The minimum atomic E-state index is -0.405. The van der Waals surface area contributed by atoms with Gasteiger partial charge >= 0.3 is 0 Å². The van der Waals surface area contributed by atoms with Crippen molar-refractivity contribution in [2.75, 3.05) is 0 Å². The summed E-state index contributed by atoms with van der Waals surface area (Å²) in [5, 5.41) is 0. The number of rotatable bonds is 3. The van der Waals surface area contributed by atoms with E-state index in [1.165, 1.54) is 37.7 Å². The third-order valence-corrected chi connectivity index (χ3v) is 9.58. The zero-order chi connectivity index (χ0) is 19.6. The molecule has 2 N–H and O–H groups in total. The van der Waals surface area contributed by atoms with Gasteiger partial charge in [0, 0.05) is 11.8 Å². The maximum Gasteiger partial charge on any atom is 0.223 e. The Bertz CT molecular complexity index is 692. The van der Waals surface area contributed by atoms with Crippen molar-refractivity contribution in [2.24, 2.45) is 45.7 Å². The van der Waals surface area contributed by atoms with Gasteiger partial charge in [-0.3, -0.25) is 9.59 Å². The number of carbonyl (C=O) groups excluding carboxylic acids is 2. The highest BCUT2D eigenvalue weighted by Gasteiger charge is 2.59. The highest BCUT2D eigenvalue weighted by molar-refractivity contribution is 5.91. The van der Waals surface area contributed by atoms with E-state index in [4.69, 9.17) is 5.73 Å². The van der Waals surface area contributed by atoms with Gasteiger partial charge in [0.2, 0.25) is 5.91 Å². The van der Waals surface area contributed by atoms with Crippen LogP contribution in [-0.2, 0) is 9.59 Å². The fourth-order valence-corrected chi connectivity index (χ4v) is 7.72. The summed E-state index contributed by atoms with van der Waals surface area (Å²) in [5.74, 6) is 3.11. The van der Waals surface area contributed by atoms with Gasteiger partial charge in [-0.05, 0) is 91.9 Å². The third-order valence-electron chi connectivity index (χ3n) is 9.58. The summed E-state index contributed by atoms with van der Waals surface area (Å²) in [5.41, 5.74) is 7.35. The fraction of sp³-hybridized carbons (Fsp3) is 0.833. The predicted molar refractivity (Wildman–Crippen MR) is 108 cm³/mol. The van der Waals surface area contributed by atoms with Crippen molar-refractivity contribution in [3.05, 3.63) is 11.6 Å². The van der Waals surface area contributed by atoms with Crippen LogP contribution < -0.4 is 5.73 Å². The van der Waals surface area contributed by atoms with Gasteiger partial charge in [-0.15, -0.1) is 0 Å². The van der Waals surface area contributed by atoms with Crippen LogP contribution in [0, 0.1) is 39.9 Å². The van der Waals surface area contributed by atoms with Crippen LogP contribution in [0.15, 0.2) is 11.6 Å². The first-order valence-corrected chi connectivity index (χ1v) is 11.1. The summed E-state index contributed by atoms with van der Waals surface area (Å²) in [6.07, 6.45) is 12.2. The van der Waals surface area contributed by atoms with E-state index >= 15 is 0 Å². The Labute approximate surface area is 164 Å². The summed E-state index contributed by atoms with van der Waals surface area (Å²) < 4.78 is 0. The first kappa shape index (κ1) is 19.2. The summed E-state index contributed by atoms with van der Waals surface area (Å²) in [6, 6.07) is 0. The van der Waals surface area contributed by atoms with E-state index in [0.717, 1.165) is 43.4 Å². The number of fused-ring (bicyclic) bond motifs is 5. The highest BCUT2D eigenvalue weighted by atomic mass is 16.1. The second-order valence-electron chi connectivity index (χ2n) is 11.2. The maximum absolute atomic E-state index is 12.0. The topological polar surface area (TPSA) is 60.2 Å². The Morgan fingerprint density at radius 1 is 1.11 bits per heavy atom. The molecular weight excluding hydrogens is 334 g/mol. The molecule has 1 amide bonds. The summed E-state index contributed by atoms with van der Waals surface area (Å²) in [4.78, 5) is 23.9. The lowest BCUT2D eigenvalue weighted by Crippen LogP contribution is -2.51. The average Bonchev–Trinajstić information content (AvgIpc) is 2.91. The van der Waals surface area contributed by atoms with Gasteiger partial charge in [-0.1, -0.05) is 33.3 Å². The average molecular weight is 372 g/mol. The molecule has 0 spiro atoms. The first-order chi connectivity index (χ1) is 12.6. The van der Waals surface area contributed by atoms with Gasteiger partial charge < -0.3 is 5.73 Å². The number of hydrogen-bond donors (Lipinski definition) is 1. The van der Waals surface area contributed by atoms with Gasteiger partial charge in [0.15, 0.2) is 5.78 Å². The molecule has 0 unspecified atom stereocenters. The minimum Gasteiger partial charge on any atom is -0.369 e. The van der Waals surface area contributed by atoms with Crippen LogP contribution in [0.1, 0.15) is 85.5 Å². The standard InChI is InChI=1S/C24H37NO2/c1-22(2,21(25)27)14-16-6-8-19-18-7-5-15-13-17(26)9-11-23(15,3)20(18)10-12-24(16,19)4/h13,16,18-20H,5-12,14H2,1-4H3,(H2,25,27)/t16-,18+,19+,20+,23+,24-/m1/s1. The number of primary amides is 1. The normalized spacial score (nSPS) is 44.1. The molecule has 0 aromatic rings. The van der Waals surface area contributed by atoms with E-state index < -0.39 is 5.41 Å². The van der Waals surface area contributed by atoms with E-state index in [-0.39, 0.29) is 11.3 Å². The van der Waals surface area contributed by atoms with Crippen molar-refractivity contribution in [2.45, 2.75) is 85.5 Å². The molecule has 0 heterocycles. The van der Waals surface area contributed by atoms with Crippen LogP contribution in [0.3, 0.4) is 0 Å². The Balaban J connectivity index is 1.58. The second-order valence-corrected chi connectivity index (χ2v) is 11.2. The third kappa shape index (κ3) is 2.83. The zero-order valence-corrected chi connectivity index (χ0v) is 17.6. The number of hydrogen-bond acceptors (Lipinski definition) is 2. The molecule has 3 fully saturated rings. The molecule has 4 rings (SSSR count). The van der Waals surface area contributed by atoms with Crippen LogP contribution in [0.2, 0.25) is 0 Å². The number of allylic oxidation sites excluding steroid dienone is 1. The number of ketones is 1. The van der Waals surface area contributed by atoms with Crippen molar-refractivity contribution in [3.63, 3.8) is 0 Å². The quantitative estimate of drug-likeness (QED) is 0.756. The molecule has 0 bridgehead atoms. The zero-order valence-electron chi connectivity index (χ0n) is 17.6. The Morgan fingerprint density at radius 3 is 2.56 bits per heavy atom. The molecule has 0 aromatic carbocycles. The number of nitrogens with two attached hydrogens (primary N) is 1. The van der Waals surface area contributed by atoms with Crippen molar-refractivity contribution >= 4 is 11.7 Å². The Morgan fingerprint density at radius 2 is 1.85 bits per heavy atom. The van der Waals surface area contributed by atoms with Gasteiger partial charge in [-0.25, -0.2) is 0 Å². The van der Waals surface area contributed by atoms with E-state index in [1.807, 2.05) is 19.9 Å². The largest absolute Gasteiger partial charge is 0.369 e. The van der Waals surface area contributed by atoms with Crippen LogP contribution in [-0.4, -0.2) is 11.7 Å². The number of amides is 1. The van der Waals surface area contributed by atoms with Gasteiger partial charge in [0.05, 0.1) is 0 Å². The molecule has 150 valence electrons. The molecule has 3 nitrogen and oxygen atoms in total. The molecule has 4 aliphatic rings. The molecule has 3 heteroatoms. The van der Waals surface area contributed by atoms with Crippen molar-refractivity contribution < 1.29 is 9.59 Å². The summed E-state index contributed by atoms with van der Waals surface area (Å²) in [6.45, 7) is 9.01. The fourth-order valence-electron chi connectivity index (χ4n) is 7.72. The van der Waals surface area contributed by atoms with Crippen LogP contribution in [0.25, 0.3) is 0 Å². The Kier molecular flexibility index (Phi) is 4.40. The van der Waals surface area contributed by atoms with E-state index in [9.17, 15) is 9.59 Å². The molecule has 27 heavy (non-hydrogen) atoms. The minimum absolute atomic E-state index is 0.157. The second kappa shape index (κ2) is 6.19.